The molecule has 1 aliphatic rings. The molecule has 0 spiro atoms. The van der Waals surface area contributed by atoms with E-state index in [0.717, 1.165) is 6.42 Å². The Morgan fingerprint density at radius 2 is 1.79 bits per heavy atom. The number of nitrogens with zero attached hydrogens (tertiary/aromatic N) is 1. The highest BCUT2D eigenvalue weighted by Gasteiger charge is 2.31. The second-order valence-electron chi connectivity index (χ2n) is 7.57. The lowest BCUT2D eigenvalue weighted by atomic mass is 10.1. The summed E-state index contributed by atoms with van der Waals surface area (Å²) in [4.78, 5) is 67.1. The number of rotatable bonds is 13. The van der Waals surface area contributed by atoms with E-state index in [-0.39, 0.29) is 25.0 Å². The molecular weight excluding hydrogens is 456 g/mol. The number of nitrogens with one attached hydrogen (secondary N) is 5. The number of thiol groups is 1. The average molecular weight is 485 g/mol. The number of aliphatic carboxylic acids is 2. The summed E-state index contributed by atoms with van der Waals surface area (Å²) in [5, 5.41) is 28.5. The van der Waals surface area contributed by atoms with Crippen LogP contribution in [0.5, 0.6) is 0 Å². The summed E-state index contributed by atoms with van der Waals surface area (Å²) in [6, 6.07) is -4.18. The highest BCUT2D eigenvalue weighted by molar-refractivity contribution is 7.80. The molecule has 4 unspecified atom stereocenters. The van der Waals surface area contributed by atoms with Crippen LogP contribution in [0.3, 0.4) is 0 Å². The maximum Gasteiger partial charge on any atom is 0.327 e. The number of aromatic amines is 1. The molecule has 0 saturated carbocycles. The number of carbonyl (C=O) groups excluding carboxylic acids is 3. The van der Waals surface area contributed by atoms with E-state index in [2.05, 4.69) is 43.9 Å². The second kappa shape index (κ2) is 12.8. The molecule has 1 aliphatic heterocycles. The van der Waals surface area contributed by atoms with Gasteiger partial charge in [-0.2, -0.15) is 12.6 Å². The Labute approximate surface area is 194 Å². The zero-order valence-electron chi connectivity index (χ0n) is 17.7. The normalized spacial score (nSPS) is 18.0. The van der Waals surface area contributed by atoms with Crippen LogP contribution in [0, 0.1) is 0 Å². The summed E-state index contributed by atoms with van der Waals surface area (Å²) in [5.41, 5.74) is 0.495. The fourth-order valence-electron chi connectivity index (χ4n) is 3.27. The number of carboxylic acids is 2. The molecule has 1 fully saturated rings. The van der Waals surface area contributed by atoms with Crippen molar-refractivity contribution >= 4 is 42.3 Å². The summed E-state index contributed by atoms with van der Waals surface area (Å²) < 4.78 is 0. The standard InChI is InChI=1S/C19H28N6O7S/c26-15(27)4-3-12(23-16(28)11-2-1-5-21-11)17(29)24-13(6-10-7-20-9-22-10)18(30)25-14(8-33)19(31)32/h7,9,11-14,21,33H,1-6,8H2,(H,20,22)(H,23,28)(H,24,29)(H,25,30)(H,26,27)(H,31,32). The molecule has 0 aliphatic carbocycles. The van der Waals surface area contributed by atoms with Crippen LogP contribution in [-0.2, 0) is 30.4 Å². The van der Waals surface area contributed by atoms with Crippen molar-refractivity contribution in [3.05, 3.63) is 18.2 Å². The minimum Gasteiger partial charge on any atom is -0.481 e. The summed E-state index contributed by atoms with van der Waals surface area (Å²) in [6.07, 6.45) is 3.59. The Hall–Kier alpha value is -3.13. The number of H-pyrrole nitrogens is 1. The maximum atomic E-state index is 13.0. The molecule has 0 aromatic carbocycles. The van der Waals surface area contributed by atoms with Gasteiger partial charge in [0.1, 0.15) is 18.1 Å². The molecule has 0 radical (unpaired) electrons. The largest absolute Gasteiger partial charge is 0.481 e. The Kier molecular flexibility index (Phi) is 10.1. The van der Waals surface area contributed by atoms with E-state index >= 15 is 0 Å². The van der Waals surface area contributed by atoms with Gasteiger partial charge in [-0.15, -0.1) is 0 Å². The van der Waals surface area contributed by atoms with Crippen LogP contribution in [0.4, 0.5) is 0 Å². The minimum absolute atomic E-state index is 0.0414. The second-order valence-corrected chi connectivity index (χ2v) is 7.93. The van der Waals surface area contributed by atoms with Crippen LogP contribution >= 0.6 is 12.6 Å². The summed E-state index contributed by atoms with van der Waals surface area (Å²) in [7, 11) is 0. The molecule has 0 bridgehead atoms. The van der Waals surface area contributed by atoms with Crippen molar-refractivity contribution in [2.45, 2.75) is 56.3 Å². The number of carbonyl (C=O) groups is 5. The van der Waals surface area contributed by atoms with Gasteiger partial charge in [-0.25, -0.2) is 9.78 Å². The van der Waals surface area contributed by atoms with E-state index in [1.165, 1.54) is 12.5 Å². The number of hydrogen-bond donors (Lipinski definition) is 8. The van der Waals surface area contributed by atoms with Crippen molar-refractivity contribution < 1.29 is 34.2 Å². The lowest BCUT2D eigenvalue weighted by Crippen LogP contribution is -2.57. The maximum absolute atomic E-state index is 13.0. The first-order chi connectivity index (χ1) is 15.7. The van der Waals surface area contributed by atoms with Crippen LogP contribution in [0.1, 0.15) is 31.4 Å². The van der Waals surface area contributed by atoms with E-state index in [1.54, 1.807) is 0 Å². The molecule has 2 heterocycles. The molecule has 3 amide bonds. The molecule has 4 atom stereocenters. The zero-order chi connectivity index (χ0) is 24.4. The smallest absolute Gasteiger partial charge is 0.327 e. The SMILES string of the molecule is O=C(O)CCC(NC(=O)C1CCCN1)C(=O)NC(Cc1cnc[nH]1)C(=O)NC(CS)C(=O)O. The predicted molar refractivity (Wildman–Crippen MR) is 117 cm³/mol. The fourth-order valence-corrected chi connectivity index (χ4v) is 3.52. The Morgan fingerprint density at radius 1 is 1.09 bits per heavy atom. The van der Waals surface area contributed by atoms with E-state index in [1.807, 2.05) is 0 Å². The summed E-state index contributed by atoms with van der Waals surface area (Å²) in [5.74, 6) is -4.59. The lowest BCUT2D eigenvalue weighted by Gasteiger charge is -2.24. The highest BCUT2D eigenvalue weighted by Crippen LogP contribution is 2.08. The number of carboxylic acid groups (broad SMARTS) is 2. The fraction of sp³-hybridized carbons (Fsp3) is 0.579. The first-order valence-electron chi connectivity index (χ1n) is 10.4. The van der Waals surface area contributed by atoms with Gasteiger partial charge in [0.25, 0.3) is 0 Å². The molecule has 2 rings (SSSR count). The van der Waals surface area contributed by atoms with Crippen LogP contribution in [-0.4, -0.2) is 86.3 Å². The third-order valence-electron chi connectivity index (χ3n) is 5.07. The minimum atomic E-state index is -1.29. The van der Waals surface area contributed by atoms with E-state index in [4.69, 9.17) is 5.11 Å². The van der Waals surface area contributed by atoms with Gasteiger partial charge in [0.15, 0.2) is 0 Å². The van der Waals surface area contributed by atoms with Crippen molar-refractivity contribution in [3.63, 3.8) is 0 Å². The lowest BCUT2D eigenvalue weighted by molar-refractivity contribution is -0.141. The van der Waals surface area contributed by atoms with Gasteiger partial charge in [0, 0.05) is 30.5 Å². The molecule has 182 valence electrons. The topological polar surface area (TPSA) is 203 Å². The summed E-state index contributed by atoms with van der Waals surface area (Å²) in [6.45, 7) is 0.659. The molecule has 7 N–H and O–H groups in total. The third kappa shape index (κ3) is 8.38. The van der Waals surface area contributed by atoms with Crippen molar-refractivity contribution in [2.24, 2.45) is 0 Å². The Bertz CT molecular complexity index is 844. The van der Waals surface area contributed by atoms with Crippen LogP contribution in [0.15, 0.2) is 12.5 Å². The van der Waals surface area contributed by atoms with Crippen LogP contribution in [0.2, 0.25) is 0 Å². The zero-order valence-corrected chi connectivity index (χ0v) is 18.6. The number of imidazole rings is 1. The summed E-state index contributed by atoms with van der Waals surface area (Å²) >= 11 is 3.91. The molecule has 33 heavy (non-hydrogen) atoms. The Morgan fingerprint density at radius 3 is 2.33 bits per heavy atom. The van der Waals surface area contributed by atoms with Crippen molar-refractivity contribution in [1.82, 2.24) is 31.2 Å². The van der Waals surface area contributed by atoms with Gasteiger partial charge < -0.3 is 36.5 Å². The molecule has 13 nitrogen and oxygen atoms in total. The molecule has 1 aromatic heterocycles. The monoisotopic (exact) mass is 484 g/mol. The van der Waals surface area contributed by atoms with Gasteiger partial charge >= 0.3 is 11.9 Å². The average Bonchev–Trinajstić information content (AvgIpc) is 3.47. The molecule has 1 saturated heterocycles. The van der Waals surface area contributed by atoms with Crippen LogP contribution in [0.25, 0.3) is 0 Å². The van der Waals surface area contributed by atoms with Gasteiger partial charge in [0.2, 0.25) is 17.7 Å². The number of amides is 3. The van der Waals surface area contributed by atoms with Gasteiger partial charge in [-0.05, 0) is 25.8 Å². The van der Waals surface area contributed by atoms with Crippen LogP contribution < -0.4 is 21.3 Å². The van der Waals surface area contributed by atoms with Crippen molar-refractivity contribution in [3.8, 4) is 0 Å². The highest BCUT2D eigenvalue weighted by atomic mass is 32.1. The predicted octanol–water partition coefficient (Wildman–Crippen LogP) is -1.96. The molecule has 1 aromatic rings. The number of hydrogen-bond acceptors (Lipinski definition) is 8. The van der Waals surface area contributed by atoms with Crippen molar-refractivity contribution in [1.29, 1.82) is 0 Å². The Balaban J connectivity index is 2.14. The molecule has 14 heteroatoms. The van der Waals surface area contributed by atoms with E-state index in [9.17, 15) is 29.1 Å². The van der Waals surface area contributed by atoms with Crippen molar-refractivity contribution in [2.75, 3.05) is 12.3 Å². The first kappa shape index (κ1) is 26.1. The van der Waals surface area contributed by atoms with Gasteiger partial charge in [0.05, 0.1) is 12.4 Å². The number of aromatic nitrogens is 2. The molecular formula is C19H28N6O7S. The van der Waals surface area contributed by atoms with Gasteiger partial charge in [-0.3, -0.25) is 19.2 Å². The van der Waals surface area contributed by atoms with E-state index in [0.29, 0.717) is 18.7 Å². The van der Waals surface area contributed by atoms with E-state index < -0.39 is 53.8 Å². The quantitative estimate of drug-likeness (QED) is 0.146. The first-order valence-corrected chi connectivity index (χ1v) is 11.0. The third-order valence-corrected chi connectivity index (χ3v) is 5.43. The van der Waals surface area contributed by atoms with Gasteiger partial charge in [-0.1, -0.05) is 0 Å².